The van der Waals surface area contributed by atoms with Crippen LogP contribution in [0.4, 0.5) is 14.5 Å². The average molecular weight is 400 g/mol. The lowest BCUT2D eigenvalue weighted by Crippen LogP contribution is -1.98. The molecular formula is C21H16ClF2N3O. The van der Waals surface area contributed by atoms with E-state index in [2.05, 4.69) is 9.97 Å². The molecule has 4 rings (SSSR count). The fourth-order valence-corrected chi connectivity index (χ4v) is 3.36. The second-order valence-electron chi connectivity index (χ2n) is 6.41. The fraction of sp³-hybridized carbons (Fsp3) is 0.0952. The minimum Gasteiger partial charge on any atom is -0.398 e. The van der Waals surface area contributed by atoms with Gasteiger partial charge in [-0.2, -0.15) is 0 Å². The van der Waals surface area contributed by atoms with E-state index in [1.165, 1.54) is 13.2 Å². The predicted molar refractivity (Wildman–Crippen MR) is 107 cm³/mol. The molecule has 0 aliphatic heterocycles. The summed E-state index contributed by atoms with van der Waals surface area (Å²) in [5, 5.41) is 1.20. The van der Waals surface area contributed by atoms with Crippen molar-refractivity contribution in [1.82, 2.24) is 9.97 Å². The number of anilines is 1. The summed E-state index contributed by atoms with van der Waals surface area (Å²) in [6.45, 7) is 0.0228. The molecule has 2 aromatic carbocycles. The summed E-state index contributed by atoms with van der Waals surface area (Å²) >= 11 is 6.00. The zero-order chi connectivity index (χ0) is 19.8. The molecule has 4 nitrogen and oxygen atoms in total. The summed E-state index contributed by atoms with van der Waals surface area (Å²) < 4.78 is 33.4. The van der Waals surface area contributed by atoms with Gasteiger partial charge in [0, 0.05) is 47.6 Å². The number of nitrogens with zero attached hydrogens (tertiary/aromatic N) is 1. The van der Waals surface area contributed by atoms with Crippen LogP contribution in [0, 0.1) is 11.6 Å². The third-order valence-electron chi connectivity index (χ3n) is 4.60. The molecular weight excluding hydrogens is 384 g/mol. The van der Waals surface area contributed by atoms with Crippen LogP contribution in [0.2, 0.25) is 5.02 Å². The molecule has 4 aromatic rings. The topological polar surface area (TPSA) is 63.9 Å². The van der Waals surface area contributed by atoms with Gasteiger partial charge in [-0.15, -0.1) is 0 Å². The summed E-state index contributed by atoms with van der Waals surface area (Å²) in [7, 11) is 1.46. The lowest BCUT2D eigenvalue weighted by Gasteiger charge is -2.10. The number of nitrogens with two attached hydrogens (primary N) is 1. The van der Waals surface area contributed by atoms with Crippen molar-refractivity contribution in [2.45, 2.75) is 6.61 Å². The van der Waals surface area contributed by atoms with Crippen LogP contribution in [0.15, 0.2) is 48.8 Å². The van der Waals surface area contributed by atoms with Gasteiger partial charge in [-0.25, -0.2) is 13.8 Å². The predicted octanol–water partition coefficient (Wildman–Crippen LogP) is 5.56. The van der Waals surface area contributed by atoms with Gasteiger partial charge in [-0.05, 0) is 35.4 Å². The molecule has 0 radical (unpaired) electrons. The molecule has 0 bridgehead atoms. The van der Waals surface area contributed by atoms with Gasteiger partial charge in [0.1, 0.15) is 17.3 Å². The number of aromatic amines is 1. The van der Waals surface area contributed by atoms with Crippen molar-refractivity contribution in [3.05, 3.63) is 71.0 Å². The van der Waals surface area contributed by atoms with E-state index in [4.69, 9.17) is 22.1 Å². The molecule has 3 N–H and O–H groups in total. The van der Waals surface area contributed by atoms with E-state index in [0.29, 0.717) is 27.5 Å². The lowest BCUT2D eigenvalue weighted by atomic mass is 9.98. The summed E-state index contributed by atoms with van der Waals surface area (Å²) in [4.78, 5) is 7.48. The van der Waals surface area contributed by atoms with Gasteiger partial charge in [0.05, 0.1) is 17.3 Å². The second-order valence-corrected chi connectivity index (χ2v) is 6.81. The van der Waals surface area contributed by atoms with Crippen molar-refractivity contribution in [1.29, 1.82) is 0 Å². The highest BCUT2D eigenvalue weighted by molar-refractivity contribution is 6.33. The number of hydrogen-bond donors (Lipinski definition) is 2. The molecule has 28 heavy (non-hydrogen) atoms. The van der Waals surface area contributed by atoms with Crippen molar-refractivity contribution >= 4 is 28.3 Å². The average Bonchev–Trinajstić information content (AvgIpc) is 3.09. The first-order valence-electron chi connectivity index (χ1n) is 8.47. The van der Waals surface area contributed by atoms with Gasteiger partial charge in [0.2, 0.25) is 0 Å². The van der Waals surface area contributed by atoms with Gasteiger partial charge in [0.25, 0.3) is 0 Å². The van der Waals surface area contributed by atoms with Gasteiger partial charge >= 0.3 is 0 Å². The summed E-state index contributed by atoms with van der Waals surface area (Å²) in [6, 6.07) is 9.37. The third-order valence-corrected chi connectivity index (χ3v) is 4.94. The number of halogens is 3. The molecule has 0 atom stereocenters. The summed E-state index contributed by atoms with van der Waals surface area (Å²) in [5.74, 6) is -1.31. The maximum Gasteiger partial charge on any atom is 0.137 e. The van der Waals surface area contributed by atoms with E-state index in [0.717, 1.165) is 22.6 Å². The first-order chi connectivity index (χ1) is 13.5. The Kier molecular flexibility index (Phi) is 4.75. The van der Waals surface area contributed by atoms with Crippen molar-refractivity contribution in [3.8, 4) is 22.3 Å². The van der Waals surface area contributed by atoms with Crippen LogP contribution in [0.1, 0.15) is 5.56 Å². The highest BCUT2D eigenvalue weighted by atomic mass is 35.5. The van der Waals surface area contributed by atoms with Crippen molar-refractivity contribution in [2.75, 3.05) is 12.8 Å². The number of ether oxygens (including phenoxy) is 1. The molecule has 7 heteroatoms. The molecule has 0 saturated carbocycles. The Bertz CT molecular complexity index is 1190. The maximum absolute atomic E-state index is 14.3. The summed E-state index contributed by atoms with van der Waals surface area (Å²) in [5.41, 5.74) is 9.95. The SMILES string of the molecule is COCc1c(F)cc(F)cc1-c1c[nH]c2ncc(-c3ccc(Cl)c(N)c3)cc12. The van der Waals surface area contributed by atoms with Crippen LogP contribution >= 0.6 is 11.6 Å². The summed E-state index contributed by atoms with van der Waals surface area (Å²) in [6.07, 6.45) is 3.39. The molecule has 2 aromatic heterocycles. The second kappa shape index (κ2) is 7.22. The van der Waals surface area contributed by atoms with Crippen molar-refractivity contribution < 1.29 is 13.5 Å². The molecule has 0 unspecified atom stereocenters. The van der Waals surface area contributed by atoms with E-state index in [1.807, 2.05) is 12.1 Å². The van der Waals surface area contributed by atoms with E-state index in [9.17, 15) is 8.78 Å². The molecule has 0 fully saturated rings. The van der Waals surface area contributed by atoms with Gasteiger partial charge in [-0.1, -0.05) is 17.7 Å². The number of benzene rings is 2. The van der Waals surface area contributed by atoms with Crippen molar-refractivity contribution in [2.24, 2.45) is 0 Å². The zero-order valence-electron chi connectivity index (χ0n) is 14.9. The fourth-order valence-electron chi connectivity index (χ4n) is 3.24. The van der Waals surface area contributed by atoms with Crippen LogP contribution in [0.3, 0.4) is 0 Å². The van der Waals surface area contributed by atoms with Crippen LogP contribution in [0.5, 0.6) is 0 Å². The monoisotopic (exact) mass is 399 g/mol. The van der Waals surface area contributed by atoms with E-state index in [1.54, 1.807) is 24.5 Å². The Morgan fingerprint density at radius 2 is 1.93 bits per heavy atom. The number of hydrogen-bond acceptors (Lipinski definition) is 3. The van der Waals surface area contributed by atoms with Gasteiger partial charge in [0.15, 0.2) is 0 Å². The number of nitrogen functional groups attached to an aromatic ring is 1. The highest BCUT2D eigenvalue weighted by Crippen LogP contribution is 2.35. The third kappa shape index (κ3) is 3.21. The Labute approximate surface area is 164 Å². The maximum atomic E-state index is 14.3. The number of fused-ring (bicyclic) bond motifs is 1. The van der Waals surface area contributed by atoms with E-state index < -0.39 is 11.6 Å². The van der Waals surface area contributed by atoms with Gasteiger partial charge in [-0.3, -0.25) is 0 Å². The van der Waals surface area contributed by atoms with Crippen LogP contribution in [0.25, 0.3) is 33.3 Å². The molecule has 0 amide bonds. The molecule has 0 spiro atoms. The Morgan fingerprint density at radius 3 is 2.68 bits per heavy atom. The molecule has 0 aliphatic carbocycles. The minimum atomic E-state index is -0.656. The first-order valence-corrected chi connectivity index (χ1v) is 8.85. The number of H-pyrrole nitrogens is 1. The van der Waals surface area contributed by atoms with E-state index in [-0.39, 0.29) is 12.2 Å². The lowest BCUT2D eigenvalue weighted by molar-refractivity contribution is 0.181. The Morgan fingerprint density at radius 1 is 1.11 bits per heavy atom. The highest BCUT2D eigenvalue weighted by Gasteiger charge is 2.17. The molecule has 2 heterocycles. The molecule has 0 aliphatic rings. The number of aromatic nitrogens is 2. The molecule has 0 saturated heterocycles. The van der Waals surface area contributed by atoms with E-state index >= 15 is 0 Å². The standard InChI is InChI=1S/C21H16ClF2N3O/c1-28-10-17-14(6-13(23)7-19(17)24)16-9-27-21-15(16)4-12(8-26-21)11-2-3-18(22)20(25)5-11/h2-9H,10,25H2,1H3,(H,26,27). The smallest absolute Gasteiger partial charge is 0.137 e. The number of rotatable bonds is 4. The Hall–Kier alpha value is -2.96. The quantitative estimate of drug-likeness (QED) is 0.442. The van der Waals surface area contributed by atoms with Crippen LogP contribution < -0.4 is 5.73 Å². The molecule has 142 valence electrons. The first kappa shape index (κ1) is 18.4. The Balaban J connectivity index is 1.91. The van der Waals surface area contributed by atoms with Crippen molar-refractivity contribution in [3.63, 3.8) is 0 Å². The minimum absolute atomic E-state index is 0.0228. The van der Waals surface area contributed by atoms with Crippen LogP contribution in [-0.2, 0) is 11.3 Å². The number of methoxy groups -OCH3 is 1. The largest absolute Gasteiger partial charge is 0.398 e. The number of nitrogens with one attached hydrogen (secondary N) is 1. The van der Waals surface area contributed by atoms with Crippen LogP contribution in [-0.4, -0.2) is 17.1 Å². The number of pyridine rings is 1. The van der Waals surface area contributed by atoms with Gasteiger partial charge < -0.3 is 15.5 Å². The normalized spacial score (nSPS) is 11.3. The zero-order valence-corrected chi connectivity index (χ0v) is 15.6.